The molecule has 0 aromatic heterocycles. The molecule has 0 saturated carbocycles. The van der Waals surface area contributed by atoms with Crippen molar-refractivity contribution in [2.24, 2.45) is 0 Å². The van der Waals surface area contributed by atoms with E-state index in [0.717, 1.165) is 0 Å². The monoisotopic (exact) mass is 122 g/mol. The molecule has 0 aromatic rings. The van der Waals surface area contributed by atoms with Gasteiger partial charge in [-0.05, 0) is 12.2 Å². The van der Waals surface area contributed by atoms with Crippen LogP contribution in [0, 0.1) is 11.8 Å². The predicted molar refractivity (Wildman–Crippen MR) is 34.8 cm³/mol. The van der Waals surface area contributed by atoms with E-state index in [2.05, 4.69) is 32.3 Å². The number of quaternary nitrogens is 1. The highest BCUT2D eigenvalue weighted by atomic mass is 15.1. The van der Waals surface area contributed by atoms with Crippen LogP contribution in [0.4, 0.5) is 0 Å². The molecule has 0 saturated heterocycles. The fourth-order valence-electron chi connectivity index (χ4n) is 0.600. The Hall–Kier alpha value is -1.07. The van der Waals surface area contributed by atoms with Crippen molar-refractivity contribution in [2.45, 2.75) is 6.92 Å². The lowest BCUT2D eigenvalue weighted by atomic mass is 10.5. The summed E-state index contributed by atoms with van der Waals surface area (Å²) in [4.78, 5) is 1.39. The molecular weight excluding hydrogens is 112 g/mol. The summed E-state index contributed by atoms with van der Waals surface area (Å²) in [5, 5.41) is 6.25. The summed E-state index contributed by atoms with van der Waals surface area (Å²) in [6.07, 6.45) is 6.31. The van der Waals surface area contributed by atoms with Gasteiger partial charge in [0.1, 0.15) is 5.70 Å². The molecule has 1 heterocycles. The molecule has 9 heavy (non-hydrogen) atoms. The van der Waals surface area contributed by atoms with Crippen LogP contribution in [-0.2, 0) is 0 Å². The lowest BCUT2D eigenvalue weighted by Crippen LogP contribution is -3.00. The largest absolute Gasteiger partial charge is 0.512 e. The summed E-state index contributed by atoms with van der Waals surface area (Å²) >= 11 is 0. The summed E-state index contributed by atoms with van der Waals surface area (Å²) in [6, 6.07) is 0. The standard InChI is InChI=1S/C6H9N.CN/c1-6-4-3-5-7(6)2;1-2/h3-5H,1-2H3;/q;-1/p+1. The minimum atomic E-state index is 1.39. The molecule has 1 unspecified atom stereocenters. The average Bonchev–Trinajstić information content (AvgIpc) is 2.23. The van der Waals surface area contributed by atoms with E-state index in [0.29, 0.717) is 0 Å². The normalized spacial score (nSPS) is 22.2. The molecule has 0 spiro atoms. The lowest BCUT2D eigenvalue weighted by molar-refractivity contribution is -0.778. The van der Waals surface area contributed by atoms with E-state index in [1.807, 2.05) is 0 Å². The van der Waals surface area contributed by atoms with Crippen LogP contribution in [0.15, 0.2) is 24.0 Å². The van der Waals surface area contributed by atoms with Crippen LogP contribution in [0.5, 0.6) is 0 Å². The molecular formula is C7H10N2. The van der Waals surface area contributed by atoms with Crippen molar-refractivity contribution >= 4 is 0 Å². The van der Waals surface area contributed by atoms with E-state index < -0.39 is 0 Å². The molecule has 1 aliphatic heterocycles. The van der Waals surface area contributed by atoms with Crippen LogP contribution in [0.3, 0.4) is 0 Å². The van der Waals surface area contributed by atoms with Crippen molar-refractivity contribution in [2.75, 3.05) is 7.05 Å². The van der Waals surface area contributed by atoms with Gasteiger partial charge in [0.05, 0.1) is 13.2 Å². The number of hydrogen-bond donors (Lipinski definition) is 1. The Bertz CT molecular complexity index is 154. The zero-order valence-corrected chi connectivity index (χ0v) is 5.68. The molecule has 0 aromatic carbocycles. The molecule has 48 valence electrons. The maximum Gasteiger partial charge on any atom is 0.109 e. The summed E-state index contributed by atoms with van der Waals surface area (Å²) in [5.74, 6) is 0. The Labute approximate surface area is 55.7 Å². The zero-order chi connectivity index (χ0) is 7.28. The SMILES string of the molecule is CC1=CC=C[NH+]1C.[C-]#N. The Balaban J connectivity index is 0.000000291. The first kappa shape index (κ1) is 7.93. The molecule has 1 aliphatic rings. The van der Waals surface area contributed by atoms with Gasteiger partial charge >= 0.3 is 0 Å². The van der Waals surface area contributed by atoms with Gasteiger partial charge in [0.2, 0.25) is 0 Å². The third kappa shape index (κ3) is 2.11. The van der Waals surface area contributed by atoms with Crippen LogP contribution in [0.25, 0.3) is 0 Å². The first-order valence-electron chi connectivity index (χ1n) is 2.72. The molecule has 2 nitrogen and oxygen atoms in total. The van der Waals surface area contributed by atoms with Crippen LogP contribution < -0.4 is 4.90 Å². The quantitative estimate of drug-likeness (QED) is 0.451. The first-order chi connectivity index (χ1) is 4.30. The highest BCUT2D eigenvalue weighted by Crippen LogP contribution is 1.85. The molecule has 0 aliphatic carbocycles. The van der Waals surface area contributed by atoms with Gasteiger partial charge in [-0.25, -0.2) is 0 Å². The van der Waals surface area contributed by atoms with Crippen molar-refractivity contribution in [3.8, 4) is 0 Å². The number of rotatable bonds is 0. The maximum atomic E-state index is 6.25. The van der Waals surface area contributed by atoms with Gasteiger partial charge in [0.25, 0.3) is 0 Å². The molecule has 0 fully saturated rings. The van der Waals surface area contributed by atoms with E-state index in [4.69, 9.17) is 11.8 Å². The minimum Gasteiger partial charge on any atom is -0.512 e. The van der Waals surface area contributed by atoms with Crippen molar-refractivity contribution in [3.05, 3.63) is 30.6 Å². The fourth-order valence-corrected chi connectivity index (χ4v) is 0.600. The van der Waals surface area contributed by atoms with Gasteiger partial charge in [-0.1, -0.05) is 0 Å². The van der Waals surface area contributed by atoms with Gasteiger partial charge in [-0.3, -0.25) is 4.90 Å². The molecule has 0 bridgehead atoms. The summed E-state index contributed by atoms with van der Waals surface area (Å²) in [6.45, 7) is 6.87. The second-order valence-corrected chi connectivity index (χ2v) is 1.89. The lowest BCUT2D eigenvalue weighted by Gasteiger charge is -1.99. The van der Waals surface area contributed by atoms with E-state index >= 15 is 0 Å². The topological polar surface area (TPSA) is 28.2 Å². The van der Waals surface area contributed by atoms with Crippen LogP contribution >= 0.6 is 0 Å². The van der Waals surface area contributed by atoms with E-state index in [1.165, 1.54) is 10.6 Å². The highest BCUT2D eigenvalue weighted by Gasteiger charge is 2.02. The third-order valence-electron chi connectivity index (χ3n) is 1.31. The number of nitrogens with zero attached hydrogens (tertiary/aromatic N) is 1. The van der Waals surface area contributed by atoms with Gasteiger partial charge in [-0.15, -0.1) is 0 Å². The molecule has 1 rings (SSSR count). The van der Waals surface area contributed by atoms with E-state index in [1.54, 1.807) is 0 Å². The minimum absolute atomic E-state index is 1.39. The Kier molecular flexibility index (Phi) is 3.41. The highest BCUT2D eigenvalue weighted by molar-refractivity contribution is 5.07. The van der Waals surface area contributed by atoms with E-state index in [-0.39, 0.29) is 0 Å². The third-order valence-corrected chi connectivity index (χ3v) is 1.31. The average molecular weight is 122 g/mol. The zero-order valence-electron chi connectivity index (χ0n) is 5.68. The van der Waals surface area contributed by atoms with Crippen LogP contribution in [0.1, 0.15) is 6.92 Å². The molecule has 1 atom stereocenters. The van der Waals surface area contributed by atoms with Crippen LogP contribution in [-0.4, -0.2) is 7.05 Å². The number of hydrogen-bond acceptors (Lipinski definition) is 1. The van der Waals surface area contributed by atoms with Gasteiger partial charge in [0, 0.05) is 6.92 Å². The van der Waals surface area contributed by atoms with Crippen molar-refractivity contribution in [1.82, 2.24) is 0 Å². The summed E-state index contributed by atoms with van der Waals surface area (Å²) in [5.41, 5.74) is 1.39. The van der Waals surface area contributed by atoms with Crippen LogP contribution in [0.2, 0.25) is 0 Å². The molecule has 0 radical (unpaired) electrons. The Morgan fingerprint density at radius 3 is 2.22 bits per heavy atom. The Morgan fingerprint density at radius 2 is 2.11 bits per heavy atom. The van der Waals surface area contributed by atoms with Gasteiger partial charge < -0.3 is 11.8 Å². The first-order valence-corrected chi connectivity index (χ1v) is 2.72. The van der Waals surface area contributed by atoms with Crippen molar-refractivity contribution < 1.29 is 4.90 Å². The number of nitrogens with one attached hydrogen (secondary N) is 1. The van der Waals surface area contributed by atoms with Gasteiger partial charge in [0.15, 0.2) is 0 Å². The van der Waals surface area contributed by atoms with Crippen molar-refractivity contribution in [3.63, 3.8) is 0 Å². The second-order valence-electron chi connectivity index (χ2n) is 1.89. The Morgan fingerprint density at radius 1 is 1.56 bits per heavy atom. The van der Waals surface area contributed by atoms with Gasteiger partial charge in [-0.2, -0.15) is 0 Å². The molecule has 0 amide bonds. The predicted octanol–water partition coefficient (Wildman–Crippen LogP) is 0.0286. The van der Waals surface area contributed by atoms with Crippen molar-refractivity contribution in [1.29, 1.82) is 5.26 Å². The van der Waals surface area contributed by atoms with E-state index in [9.17, 15) is 0 Å². The maximum absolute atomic E-state index is 6.25. The molecule has 1 N–H and O–H groups in total. The smallest absolute Gasteiger partial charge is 0.109 e. The summed E-state index contributed by atoms with van der Waals surface area (Å²) < 4.78 is 0. The second kappa shape index (κ2) is 3.88. The molecule has 2 heteroatoms. The number of allylic oxidation sites excluding steroid dienone is 3. The summed E-state index contributed by atoms with van der Waals surface area (Å²) in [7, 11) is 2.12. The fraction of sp³-hybridized carbons (Fsp3) is 0.286.